The van der Waals surface area contributed by atoms with Gasteiger partial charge in [-0.15, -0.1) is 0 Å². The van der Waals surface area contributed by atoms with Crippen molar-refractivity contribution in [3.63, 3.8) is 0 Å². The smallest absolute Gasteiger partial charge is 0.161 e. The monoisotopic (exact) mass is 137 g/mol. The molecule has 0 atom stereocenters. The molecule has 2 rings (SSSR count). The molecule has 1 aromatic carbocycles. The molecular formula is C8H7O2. The molecule has 1 aromatic rings. The van der Waals surface area contributed by atoms with Gasteiger partial charge in [0.1, 0.15) is 13.2 Å². The molecule has 51 valence electrons. The minimum absolute atomic E-state index is 0.0655. The first-order valence-corrected chi connectivity index (χ1v) is 2.99. The molecule has 1 heterocycles. The number of rotatable bonds is 0. The summed E-state index contributed by atoms with van der Waals surface area (Å²) in [5.74, 6) is 0.984. The van der Waals surface area contributed by atoms with Crippen molar-refractivity contribution in [2.24, 2.45) is 0 Å². The lowest BCUT2D eigenvalue weighted by Crippen LogP contribution is -2.14. The zero-order valence-corrected chi connectivity index (χ0v) is 5.26. The van der Waals surface area contributed by atoms with Crippen LogP contribution in [0, 0.1) is 6.07 Å². The second kappa shape index (κ2) is 2.21. The van der Waals surface area contributed by atoms with Crippen LogP contribution in [0.4, 0.5) is 0 Å². The topological polar surface area (TPSA) is 18.5 Å². The van der Waals surface area contributed by atoms with Gasteiger partial charge >= 0.3 is 0 Å². The highest BCUT2D eigenvalue weighted by Crippen LogP contribution is 2.28. The summed E-state index contributed by atoms with van der Waals surface area (Å²) >= 11 is 0. The molecule has 1 radical (unpaired) electrons. The van der Waals surface area contributed by atoms with Crippen molar-refractivity contribution in [2.45, 2.75) is 0 Å². The van der Waals surface area contributed by atoms with E-state index in [0.29, 0.717) is 11.5 Å². The van der Waals surface area contributed by atoms with Gasteiger partial charge in [0, 0.05) is 0 Å². The largest absolute Gasteiger partial charge is 0.486 e. The fraction of sp³-hybridized carbons (Fsp3) is 0.250. The van der Waals surface area contributed by atoms with Crippen molar-refractivity contribution >= 4 is 0 Å². The van der Waals surface area contributed by atoms with Gasteiger partial charge in [0.15, 0.2) is 11.5 Å². The van der Waals surface area contributed by atoms with Gasteiger partial charge in [-0.3, -0.25) is 0 Å². The molecule has 10 heavy (non-hydrogen) atoms. The van der Waals surface area contributed by atoms with Gasteiger partial charge in [-0.2, -0.15) is 0 Å². The van der Waals surface area contributed by atoms with Gasteiger partial charge in [0.05, 0.1) is 2.74 Å². The minimum Gasteiger partial charge on any atom is -0.486 e. The van der Waals surface area contributed by atoms with E-state index in [4.69, 9.17) is 12.2 Å². The third-order valence-corrected chi connectivity index (χ3v) is 1.26. The summed E-state index contributed by atoms with van der Waals surface area (Å²) in [5, 5.41) is 0. The van der Waals surface area contributed by atoms with Crippen LogP contribution in [0.15, 0.2) is 18.2 Å². The number of benzene rings is 1. The van der Waals surface area contributed by atoms with E-state index in [1.54, 1.807) is 18.2 Å². The molecule has 1 aliphatic rings. The molecule has 0 aliphatic carbocycles. The third kappa shape index (κ3) is 0.817. The molecule has 0 unspecified atom stereocenters. The predicted octanol–water partition coefficient (Wildman–Crippen LogP) is 1.26. The van der Waals surface area contributed by atoms with Gasteiger partial charge in [-0.1, -0.05) is 6.07 Å². The van der Waals surface area contributed by atoms with Gasteiger partial charge in [-0.05, 0) is 18.2 Å². The average Bonchev–Trinajstić information content (AvgIpc) is 2.02. The Morgan fingerprint density at radius 1 is 1.50 bits per heavy atom. The molecule has 2 heteroatoms. The Kier molecular flexibility index (Phi) is 0.854. The quantitative estimate of drug-likeness (QED) is 0.536. The number of hydrogen-bond acceptors (Lipinski definition) is 2. The SMILES string of the molecule is [2H]C1([2H])COc2cc[c]cc2O1. The van der Waals surface area contributed by atoms with E-state index in [-0.39, 0.29) is 6.61 Å². The van der Waals surface area contributed by atoms with Crippen molar-refractivity contribution < 1.29 is 12.2 Å². The number of hydrogen-bond donors (Lipinski definition) is 0. The van der Waals surface area contributed by atoms with E-state index in [1.165, 1.54) is 0 Å². The van der Waals surface area contributed by atoms with Crippen molar-refractivity contribution in [3.05, 3.63) is 24.3 Å². The van der Waals surface area contributed by atoms with E-state index in [0.717, 1.165) is 0 Å². The first-order chi connectivity index (χ1) is 5.67. The van der Waals surface area contributed by atoms with E-state index >= 15 is 0 Å². The summed E-state index contributed by atoms with van der Waals surface area (Å²) in [6.45, 7) is -1.79. The van der Waals surface area contributed by atoms with Crippen LogP contribution in [-0.2, 0) is 0 Å². The van der Waals surface area contributed by atoms with Crippen molar-refractivity contribution in [2.75, 3.05) is 13.2 Å². The van der Waals surface area contributed by atoms with Crippen LogP contribution in [0.25, 0.3) is 0 Å². The van der Waals surface area contributed by atoms with Crippen LogP contribution >= 0.6 is 0 Å². The first-order valence-electron chi connectivity index (χ1n) is 3.99. The highest BCUT2D eigenvalue weighted by Gasteiger charge is 2.08. The van der Waals surface area contributed by atoms with Crippen LogP contribution < -0.4 is 9.47 Å². The highest BCUT2D eigenvalue weighted by molar-refractivity contribution is 5.39. The summed E-state index contributed by atoms with van der Waals surface area (Å²) in [6, 6.07) is 7.74. The molecule has 1 aliphatic heterocycles. The summed E-state index contributed by atoms with van der Waals surface area (Å²) in [4.78, 5) is 0. The molecule has 2 nitrogen and oxygen atoms in total. The summed E-state index contributed by atoms with van der Waals surface area (Å²) in [5.41, 5.74) is 0. The Morgan fingerprint density at radius 3 is 3.50 bits per heavy atom. The maximum Gasteiger partial charge on any atom is 0.161 e. The van der Waals surface area contributed by atoms with Crippen molar-refractivity contribution in [1.82, 2.24) is 0 Å². The third-order valence-electron chi connectivity index (χ3n) is 1.26. The Morgan fingerprint density at radius 2 is 2.50 bits per heavy atom. The van der Waals surface area contributed by atoms with E-state index in [1.807, 2.05) is 0 Å². The number of fused-ring (bicyclic) bond motifs is 1. The normalized spacial score (nSPS) is 22.8. The lowest BCUT2D eigenvalue weighted by atomic mass is 10.3. The Balaban J connectivity index is 2.35. The second-order valence-electron chi connectivity index (χ2n) is 1.91. The maximum absolute atomic E-state index is 7.26. The second-order valence-corrected chi connectivity index (χ2v) is 1.91. The molecule has 0 fully saturated rings. The predicted molar refractivity (Wildman–Crippen MR) is 36.3 cm³/mol. The zero-order valence-electron chi connectivity index (χ0n) is 7.26. The lowest BCUT2D eigenvalue weighted by Gasteiger charge is -2.16. The lowest BCUT2D eigenvalue weighted by molar-refractivity contribution is 0.171. The Bertz CT molecular complexity index is 299. The standard InChI is InChI=1S/C8H7O2/c1-2-4-8-7(3-1)9-5-6-10-8/h1,3-4H,5-6H2/i6D2. The Labute approximate surface area is 62.2 Å². The molecule has 0 saturated carbocycles. The average molecular weight is 137 g/mol. The van der Waals surface area contributed by atoms with Gasteiger partial charge in [-0.25, -0.2) is 0 Å². The molecule has 0 N–H and O–H groups in total. The molecular weight excluding hydrogens is 128 g/mol. The summed E-state index contributed by atoms with van der Waals surface area (Å²) in [7, 11) is 0. The zero-order chi connectivity index (χ0) is 8.60. The molecule has 0 saturated heterocycles. The molecule has 0 spiro atoms. The van der Waals surface area contributed by atoms with Crippen molar-refractivity contribution in [1.29, 1.82) is 0 Å². The van der Waals surface area contributed by atoms with E-state index in [9.17, 15) is 0 Å². The summed E-state index contributed by atoms with van der Waals surface area (Å²) < 4.78 is 24.6. The number of ether oxygens (including phenoxy) is 2. The van der Waals surface area contributed by atoms with Gasteiger partial charge < -0.3 is 9.47 Å². The maximum atomic E-state index is 7.26. The fourth-order valence-electron chi connectivity index (χ4n) is 0.814. The summed E-state index contributed by atoms with van der Waals surface area (Å²) in [6.07, 6.45) is 0. The van der Waals surface area contributed by atoms with Crippen LogP contribution in [0.2, 0.25) is 0 Å². The first kappa shape index (κ1) is 3.86. The van der Waals surface area contributed by atoms with Crippen LogP contribution in [0.3, 0.4) is 0 Å². The molecule has 0 bridgehead atoms. The van der Waals surface area contributed by atoms with E-state index in [2.05, 4.69) is 6.07 Å². The van der Waals surface area contributed by atoms with Crippen molar-refractivity contribution in [3.8, 4) is 11.5 Å². The van der Waals surface area contributed by atoms with Crippen LogP contribution in [0.1, 0.15) is 2.74 Å². The van der Waals surface area contributed by atoms with Gasteiger partial charge in [0.2, 0.25) is 0 Å². The van der Waals surface area contributed by atoms with Gasteiger partial charge in [0.25, 0.3) is 0 Å². The van der Waals surface area contributed by atoms with Crippen LogP contribution in [0.5, 0.6) is 11.5 Å². The minimum atomic E-state index is -1.72. The van der Waals surface area contributed by atoms with Crippen LogP contribution in [-0.4, -0.2) is 13.2 Å². The molecule has 0 aromatic heterocycles. The highest BCUT2D eigenvalue weighted by atomic mass is 16.6. The fourth-order valence-corrected chi connectivity index (χ4v) is 0.814. The van der Waals surface area contributed by atoms with E-state index < -0.39 is 6.56 Å². The Hall–Kier alpha value is -1.18. The molecule has 0 amide bonds.